The van der Waals surface area contributed by atoms with Gasteiger partial charge in [0.15, 0.2) is 5.11 Å². The number of hydrogen-bond donors (Lipinski definition) is 1. The third kappa shape index (κ3) is 6.09. The van der Waals surface area contributed by atoms with Crippen LogP contribution in [-0.4, -0.2) is 76.9 Å². The van der Waals surface area contributed by atoms with Crippen molar-refractivity contribution >= 4 is 17.3 Å². The van der Waals surface area contributed by atoms with Crippen LogP contribution in [0.1, 0.15) is 55.5 Å². The molecular weight excluding hydrogens is 418 g/mol. The van der Waals surface area contributed by atoms with Crippen LogP contribution in [0.4, 0.5) is 0 Å². The van der Waals surface area contributed by atoms with Gasteiger partial charge in [0.25, 0.3) is 0 Å². The summed E-state index contributed by atoms with van der Waals surface area (Å²) in [5, 5.41) is 4.35. The number of likely N-dealkylation sites (tertiary alicyclic amines) is 1. The van der Waals surface area contributed by atoms with E-state index in [1.54, 1.807) is 0 Å². The highest BCUT2D eigenvalue weighted by Crippen LogP contribution is 2.27. The lowest BCUT2D eigenvalue weighted by Crippen LogP contribution is -2.47. The molecule has 7 heteroatoms. The second-order valence-corrected chi connectivity index (χ2v) is 9.64. The maximum Gasteiger partial charge on any atom is 0.168 e. The lowest BCUT2D eigenvalue weighted by molar-refractivity contribution is 0.0388. The minimum Gasteiger partial charge on any atom is -0.379 e. The molecule has 0 unspecified atom stereocenters. The fourth-order valence-electron chi connectivity index (χ4n) is 4.62. The van der Waals surface area contributed by atoms with E-state index in [1.165, 1.54) is 17.0 Å². The zero-order valence-corrected chi connectivity index (χ0v) is 20.3. The van der Waals surface area contributed by atoms with Crippen molar-refractivity contribution in [3.8, 4) is 0 Å². The van der Waals surface area contributed by atoms with Crippen LogP contribution >= 0.6 is 12.2 Å². The summed E-state index contributed by atoms with van der Waals surface area (Å²) in [5.74, 6) is 2.27. The second-order valence-electron chi connectivity index (χ2n) is 9.26. The van der Waals surface area contributed by atoms with Gasteiger partial charge in [-0.05, 0) is 42.1 Å². The van der Waals surface area contributed by atoms with Crippen LogP contribution < -0.4 is 5.32 Å². The van der Waals surface area contributed by atoms with Gasteiger partial charge in [0.05, 0.1) is 13.2 Å². The number of hydrogen-bond acceptors (Lipinski definition) is 4. The van der Waals surface area contributed by atoms with E-state index in [1.807, 2.05) is 6.20 Å². The molecule has 0 spiro atoms. The average Bonchev–Trinajstić information content (AvgIpc) is 3.28. The zero-order chi connectivity index (χ0) is 22.3. The number of aromatic nitrogens is 2. The number of morpholine rings is 1. The first kappa shape index (κ1) is 23.2. The van der Waals surface area contributed by atoms with Crippen molar-refractivity contribution in [3.05, 3.63) is 53.6 Å². The monoisotopic (exact) mass is 455 g/mol. The number of nitrogens with one attached hydrogen (secondary N) is 1. The molecule has 0 amide bonds. The first-order valence-electron chi connectivity index (χ1n) is 12.0. The molecular formula is C25H37N5OS. The largest absolute Gasteiger partial charge is 0.379 e. The number of nitrogens with zero attached hydrogens (tertiary/aromatic N) is 4. The Hall–Kier alpha value is -1.96. The molecule has 2 aliphatic rings. The Bertz CT molecular complexity index is 851. The fraction of sp³-hybridized carbons (Fsp3) is 0.600. The Morgan fingerprint density at radius 2 is 1.84 bits per heavy atom. The second kappa shape index (κ2) is 11.3. The summed E-state index contributed by atoms with van der Waals surface area (Å²) in [6, 6.07) is 9.01. The average molecular weight is 456 g/mol. The molecule has 32 heavy (non-hydrogen) atoms. The molecule has 2 aromatic rings. The van der Waals surface area contributed by atoms with Crippen LogP contribution in [0.15, 0.2) is 36.7 Å². The molecule has 6 nitrogen and oxygen atoms in total. The van der Waals surface area contributed by atoms with Crippen LogP contribution in [0.5, 0.6) is 0 Å². The summed E-state index contributed by atoms with van der Waals surface area (Å²) < 4.78 is 7.74. The van der Waals surface area contributed by atoms with Gasteiger partial charge in [-0.3, -0.25) is 4.90 Å². The molecule has 0 saturated carbocycles. The quantitative estimate of drug-likeness (QED) is 0.646. The number of piperidine rings is 1. The van der Waals surface area contributed by atoms with E-state index in [9.17, 15) is 0 Å². The number of imidazole rings is 1. The van der Waals surface area contributed by atoms with Crippen molar-refractivity contribution in [2.75, 3.05) is 52.5 Å². The van der Waals surface area contributed by atoms with Gasteiger partial charge in [-0.1, -0.05) is 38.1 Å². The van der Waals surface area contributed by atoms with Crippen LogP contribution in [0.2, 0.25) is 0 Å². The minimum atomic E-state index is 0.493. The lowest BCUT2D eigenvalue weighted by atomic mass is 9.96. The van der Waals surface area contributed by atoms with Crippen molar-refractivity contribution in [1.82, 2.24) is 24.7 Å². The van der Waals surface area contributed by atoms with E-state index in [4.69, 9.17) is 21.9 Å². The first-order chi connectivity index (χ1) is 15.6. The number of thiocarbonyl (C=S) groups is 1. The highest BCUT2D eigenvalue weighted by Gasteiger charge is 2.25. The standard InChI is InChI=1S/C25H37N5OS/c1-20(2)22-5-3-21(4-6-22)19-30-14-10-26-24(30)23-7-11-29(12-8-23)25(32)27-9-13-28-15-17-31-18-16-28/h3-6,10,14,20,23H,7-9,11-13,15-19H2,1-2H3,(H,27,32). The van der Waals surface area contributed by atoms with Crippen LogP contribution in [0.3, 0.4) is 0 Å². The van der Waals surface area contributed by atoms with E-state index >= 15 is 0 Å². The third-order valence-electron chi connectivity index (χ3n) is 6.70. The van der Waals surface area contributed by atoms with Gasteiger partial charge in [0, 0.05) is 64.1 Å². The van der Waals surface area contributed by atoms with Gasteiger partial charge in [-0.2, -0.15) is 0 Å². The Balaban J connectivity index is 1.24. The summed E-state index contributed by atoms with van der Waals surface area (Å²) in [6.45, 7) is 13.0. The molecule has 0 aliphatic carbocycles. The summed E-state index contributed by atoms with van der Waals surface area (Å²) in [4.78, 5) is 9.49. The number of benzene rings is 1. The van der Waals surface area contributed by atoms with Crippen molar-refractivity contribution in [3.63, 3.8) is 0 Å². The summed E-state index contributed by atoms with van der Waals surface area (Å²) >= 11 is 5.67. The SMILES string of the molecule is CC(C)c1ccc(Cn2ccnc2C2CCN(C(=S)NCCN3CCOCC3)CC2)cc1. The molecule has 1 aromatic heterocycles. The highest BCUT2D eigenvalue weighted by atomic mass is 32.1. The fourth-order valence-corrected chi connectivity index (χ4v) is 4.90. The van der Waals surface area contributed by atoms with Crippen molar-refractivity contribution in [1.29, 1.82) is 0 Å². The van der Waals surface area contributed by atoms with Crippen LogP contribution in [0.25, 0.3) is 0 Å². The molecule has 3 heterocycles. The predicted molar refractivity (Wildman–Crippen MR) is 133 cm³/mol. The number of rotatable bonds is 7. The maximum absolute atomic E-state index is 5.67. The third-order valence-corrected chi connectivity index (χ3v) is 7.10. The molecule has 174 valence electrons. The maximum atomic E-state index is 5.67. The Morgan fingerprint density at radius 3 is 2.53 bits per heavy atom. The topological polar surface area (TPSA) is 45.6 Å². The highest BCUT2D eigenvalue weighted by molar-refractivity contribution is 7.80. The molecule has 1 aromatic carbocycles. The van der Waals surface area contributed by atoms with Gasteiger partial charge in [-0.15, -0.1) is 0 Å². The number of ether oxygens (including phenoxy) is 1. The van der Waals surface area contributed by atoms with Crippen LogP contribution in [-0.2, 0) is 11.3 Å². The van der Waals surface area contributed by atoms with Gasteiger partial charge in [0.1, 0.15) is 5.82 Å². The summed E-state index contributed by atoms with van der Waals surface area (Å²) in [5.41, 5.74) is 2.72. The smallest absolute Gasteiger partial charge is 0.168 e. The van der Waals surface area contributed by atoms with Gasteiger partial charge >= 0.3 is 0 Å². The van der Waals surface area contributed by atoms with E-state index < -0.39 is 0 Å². The van der Waals surface area contributed by atoms with Crippen molar-refractivity contribution < 1.29 is 4.74 Å². The summed E-state index contributed by atoms with van der Waals surface area (Å²) in [7, 11) is 0. The first-order valence-corrected chi connectivity index (χ1v) is 12.4. The molecule has 4 rings (SSSR count). The predicted octanol–water partition coefficient (Wildman–Crippen LogP) is 3.44. The molecule has 0 atom stereocenters. The molecule has 1 N–H and O–H groups in total. The Kier molecular flexibility index (Phi) is 8.16. The van der Waals surface area contributed by atoms with Crippen molar-refractivity contribution in [2.45, 2.75) is 45.1 Å². The van der Waals surface area contributed by atoms with Gasteiger partial charge < -0.3 is 19.5 Å². The van der Waals surface area contributed by atoms with Crippen molar-refractivity contribution in [2.24, 2.45) is 0 Å². The molecule has 2 aliphatic heterocycles. The zero-order valence-electron chi connectivity index (χ0n) is 19.5. The minimum absolute atomic E-state index is 0.493. The Morgan fingerprint density at radius 1 is 1.12 bits per heavy atom. The molecule has 0 bridgehead atoms. The molecule has 2 saturated heterocycles. The normalized spacial score (nSPS) is 18.3. The lowest BCUT2D eigenvalue weighted by Gasteiger charge is -2.34. The Labute approximate surface area is 197 Å². The van der Waals surface area contributed by atoms with Gasteiger partial charge in [-0.25, -0.2) is 4.98 Å². The van der Waals surface area contributed by atoms with E-state index in [2.05, 4.69) is 64.0 Å². The van der Waals surface area contributed by atoms with Crippen LogP contribution in [0, 0.1) is 0 Å². The van der Waals surface area contributed by atoms with E-state index in [0.717, 1.165) is 77.0 Å². The van der Waals surface area contributed by atoms with Gasteiger partial charge in [0.2, 0.25) is 0 Å². The molecule has 2 fully saturated rings. The van der Waals surface area contributed by atoms with E-state index in [-0.39, 0.29) is 0 Å². The molecule has 0 radical (unpaired) electrons. The summed E-state index contributed by atoms with van der Waals surface area (Å²) in [6.07, 6.45) is 6.25. The van der Waals surface area contributed by atoms with E-state index in [0.29, 0.717) is 11.8 Å².